The second-order valence-corrected chi connectivity index (χ2v) is 3.92. The van der Waals surface area contributed by atoms with Crippen LogP contribution in [0.15, 0.2) is 47.1 Å². The molecular formula is C14H16FNO. The predicted molar refractivity (Wildman–Crippen MR) is 65.2 cm³/mol. The smallest absolute Gasteiger partial charge is 0.126 e. The second kappa shape index (κ2) is 5.64. The van der Waals surface area contributed by atoms with Gasteiger partial charge in [-0.15, -0.1) is 0 Å². The minimum atomic E-state index is -0.165. The fourth-order valence-corrected chi connectivity index (χ4v) is 1.89. The van der Waals surface area contributed by atoms with Gasteiger partial charge in [0.05, 0.1) is 12.3 Å². The average Bonchev–Trinajstić information content (AvgIpc) is 2.85. The van der Waals surface area contributed by atoms with Crippen LogP contribution in [-0.4, -0.2) is 6.54 Å². The van der Waals surface area contributed by atoms with Crippen LogP contribution in [0.3, 0.4) is 0 Å². The summed E-state index contributed by atoms with van der Waals surface area (Å²) in [7, 11) is 0. The third-order valence-corrected chi connectivity index (χ3v) is 2.72. The van der Waals surface area contributed by atoms with Crippen LogP contribution in [0.4, 0.5) is 4.39 Å². The molecule has 1 N–H and O–H groups in total. The predicted octanol–water partition coefficient (Wildman–Crippen LogP) is 3.31. The van der Waals surface area contributed by atoms with Crippen LogP contribution >= 0.6 is 0 Å². The Labute approximate surface area is 100 Å². The maximum atomic E-state index is 13.6. The van der Waals surface area contributed by atoms with E-state index in [4.69, 9.17) is 4.42 Å². The monoisotopic (exact) mass is 233 g/mol. The standard InChI is InChI=1S/C14H16FNO/c1-2-16-13(14-8-5-9-17-14)10-11-6-3-4-7-12(11)15/h3-9,13,16H,2,10H2,1H3. The first-order chi connectivity index (χ1) is 8.31. The van der Waals surface area contributed by atoms with Gasteiger partial charge in [0.2, 0.25) is 0 Å². The number of likely N-dealkylation sites (N-methyl/N-ethyl adjacent to an activating group) is 1. The molecule has 90 valence electrons. The normalized spacial score (nSPS) is 12.6. The minimum absolute atomic E-state index is 0.0203. The number of hydrogen-bond acceptors (Lipinski definition) is 2. The molecule has 0 aliphatic heterocycles. The Morgan fingerprint density at radius 2 is 2.06 bits per heavy atom. The maximum Gasteiger partial charge on any atom is 0.126 e. The molecule has 2 aromatic rings. The van der Waals surface area contributed by atoms with E-state index in [0.717, 1.165) is 12.3 Å². The highest BCUT2D eigenvalue weighted by molar-refractivity contribution is 5.20. The lowest BCUT2D eigenvalue weighted by molar-refractivity contribution is 0.412. The fraction of sp³-hybridized carbons (Fsp3) is 0.286. The number of furan rings is 1. The van der Waals surface area contributed by atoms with Gasteiger partial charge < -0.3 is 9.73 Å². The molecule has 0 radical (unpaired) electrons. The largest absolute Gasteiger partial charge is 0.468 e. The van der Waals surface area contributed by atoms with Crippen molar-refractivity contribution in [3.05, 3.63) is 59.8 Å². The quantitative estimate of drug-likeness (QED) is 0.857. The molecule has 0 saturated heterocycles. The van der Waals surface area contributed by atoms with Gasteiger partial charge in [0.15, 0.2) is 0 Å². The van der Waals surface area contributed by atoms with Crippen molar-refractivity contribution in [3.63, 3.8) is 0 Å². The van der Waals surface area contributed by atoms with Gasteiger partial charge in [0, 0.05) is 0 Å². The molecule has 1 heterocycles. The fourth-order valence-electron chi connectivity index (χ4n) is 1.89. The number of halogens is 1. The Kier molecular flexibility index (Phi) is 3.94. The third kappa shape index (κ3) is 2.94. The van der Waals surface area contributed by atoms with Gasteiger partial charge in [-0.05, 0) is 36.7 Å². The van der Waals surface area contributed by atoms with Gasteiger partial charge in [0.25, 0.3) is 0 Å². The van der Waals surface area contributed by atoms with Crippen LogP contribution in [0.25, 0.3) is 0 Å². The molecule has 17 heavy (non-hydrogen) atoms. The van der Waals surface area contributed by atoms with E-state index in [9.17, 15) is 4.39 Å². The first-order valence-electron chi connectivity index (χ1n) is 5.81. The molecule has 0 aliphatic rings. The molecular weight excluding hydrogens is 217 g/mol. The van der Waals surface area contributed by atoms with E-state index < -0.39 is 0 Å². The van der Waals surface area contributed by atoms with Crippen molar-refractivity contribution in [2.24, 2.45) is 0 Å². The van der Waals surface area contributed by atoms with Crippen molar-refractivity contribution in [1.82, 2.24) is 5.32 Å². The lowest BCUT2D eigenvalue weighted by Gasteiger charge is -2.15. The van der Waals surface area contributed by atoms with E-state index in [0.29, 0.717) is 12.0 Å². The molecule has 2 rings (SSSR count). The first kappa shape index (κ1) is 11.9. The molecule has 0 bridgehead atoms. The Balaban J connectivity index is 2.16. The number of hydrogen-bond donors (Lipinski definition) is 1. The van der Waals surface area contributed by atoms with E-state index in [1.165, 1.54) is 6.07 Å². The van der Waals surface area contributed by atoms with Gasteiger partial charge in [-0.25, -0.2) is 4.39 Å². The van der Waals surface area contributed by atoms with Gasteiger partial charge in [-0.3, -0.25) is 0 Å². The summed E-state index contributed by atoms with van der Waals surface area (Å²) in [5.74, 6) is 0.678. The zero-order valence-corrected chi connectivity index (χ0v) is 9.82. The van der Waals surface area contributed by atoms with E-state index in [2.05, 4.69) is 5.32 Å². The molecule has 0 saturated carbocycles. The van der Waals surface area contributed by atoms with Crippen molar-refractivity contribution in [2.75, 3.05) is 6.54 Å². The summed E-state index contributed by atoms with van der Waals surface area (Å²) >= 11 is 0. The van der Waals surface area contributed by atoms with Crippen molar-refractivity contribution in [3.8, 4) is 0 Å². The molecule has 0 spiro atoms. The minimum Gasteiger partial charge on any atom is -0.468 e. The Hall–Kier alpha value is -1.61. The molecule has 1 atom stereocenters. The molecule has 0 amide bonds. The van der Waals surface area contributed by atoms with Gasteiger partial charge in [-0.2, -0.15) is 0 Å². The third-order valence-electron chi connectivity index (χ3n) is 2.72. The summed E-state index contributed by atoms with van der Waals surface area (Å²) in [6.45, 7) is 2.84. The van der Waals surface area contributed by atoms with Crippen molar-refractivity contribution >= 4 is 0 Å². The van der Waals surface area contributed by atoms with Crippen LogP contribution < -0.4 is 5.32 Å². The topological polar surface area (TPSA) is 25.2 Å². The Morgan fingerprint density at radius 1 is 1.24 bits per heavy atom. The Morgan fingerprint density at radius 3 is 2.71 bits per heavy atom. The number of nitrogens with one attached hydrogen (secondary N) is 1. The number of rotatable bonds is 5. The van der Waals surface area contributed by atoms with E-state index in [1.807, 2.05) is 31.2 Å². The van der Waals surface area contributed by atoms with Crippen LogP contribution in [0.2, 0.25) is 0 Å². The van der Waals surface area contributed by atoms with Crippen LogP contribution in [-0.2, 0) is 6.42 Å². The highest BCUT2D eigenvalue weighted by atomic mass is 19.1. The Bertz CT molecular complexity index is 453. The summed E-state index contributed by atoms with van der Waals surface area (Å²) in [5, 5.41) is 3.30. The second-order valence-electron chi connectivity index (χ2n) is 3.92. The van der Waals surface area contributed by atoms with Crippen molar-refractivity contribution in [1.29, 1.82) is 0 Å². The molecule has 0 fully saturated rings. The van der Waals surface area contributed by atoms with Gasteiger partial charge >= 0.3 is 0 Å². The molecule has 1 aromatic carbocycles. The van der Waals surface area contributed by atoms with E-state index >= 15 is 0 Å². The lowest BCUT2D eigenvalue weighted by atomic mass is 10.0. The zero-order chi connectivity index (χ0) is 12.1. The summed E-state index contributed by atoms with van der Waals surface area (Å²) in [6, 6.07) is 10.6. The molecule has 2 nitrogen and oxygen atoms in total. The zero-order valence-electron chi connectivity index (χ0n) is 9.82. The van der Waals surface area contributed by atoms with Crippen LogP contribution in [0.5, 0.6) is 0 Å². The highest BCUT2D eigenvalue weighted by Gasteiger charge is 2.15. The van der Waals surface area contributed by atoms with Crippen LogP contribution in [0, 0.1) is 5.82 Å². The first-order valence-corrected chi connectivity index (χ1v) is 5.81. The van der Waals surface area contributed by atoms with Gasteiger partial charge in [-0.1, -0.05) is 25.1 Å². The maximum absolute atomic E-state index is 13.6. The van der Waals surface area contributed by atoms with Crippen LogP contribution in [0.1, 0.15) is 24.3 Å². The lowest BCUT2D eigenvalue weighted by Crippen LogP contribution is -2.22. The molecule has 0 aliphatic carbocycles. The number of benzene rings is 1. The van der Waals surface area contributed by atoms with Crippen molar-refractivity contribution < 1.29 is 8.81 Å². The van der Waals surface area contributed by atoms with E-state index in [-0.39, 0.29) is 11.9 Å². The average molecular weight is 233 g/mol. The summed E-state index contributed by atoms with van der Waals surface area (Å²) < 4.78 is 18.9. The van der Waals surface area contributed by atoms with Gasteiger partial charge in [0.1, 0.15) is 11.6 Å². The highest BCUT2D eigenvalue weighted by Crippen LogP contribution is 2.20. The van der Waals surface area contributed by atoms with E-state index in [1.54, 1.807) is 12.3 Å². The SMILES string of the molecule is CCNC(Cc1ccccc1F)c1ccco1. The summed E-state index contributed by atoms with van der Waals surface area (Å²) in [6.07, 6.45) is 2.23. The summed E-state index contributed by atoms with van der Waals surface area (Å²) in [5.41, 5.74) is 0.704. The summed E-state index contributed by atoms with van der Waals surface area (Å²) in [4.78, 5) is 0. The molecule has 3 heteroatoms. The molecule has 1 aromatic heterocycles. The molecule has 1 unspecified atom stereocenters. The van der Waals surface area contributed by atoms with Crippen molar-refractivity contribution in [2.45, 2.75) is 19.4 Å².